The van der Waals surface area contributed by atoms with E-state index in [4.69, 9.17) is 4.74 Å². The highest BCUT2D eigenvalue weighted by molar-refractivity contribution is 5.92. The lowest BCUT2D eigenvalue weighted by atomic mass is 10.1. The molecule has 0 spiro atoms. The number of hydrogen-bond acceptors (Lipinski definition) is 4. The molecule has 1 aromatic rings. The first kappa shape index (κ1) is 15.0. The lowest BCUT2D eigenvalue weighted by Crippen LogP contribution is -2.07. The third-order valence-electron chi connectivity index (χ3n) is 2.34. The molecule has 1 rings (SSSR count). The monoisotopic (exact) mass is 262 g/mol. The molecular formula is C15H18O4. The van der Waals surface area contributed by atoms with E-state index in [-0.39, 0.29) is 6.61 Å². The molecular weight excluding hydrogens is 244 g/mol. The zero-order valence-corrected chi connectivity index (χ0v) is 11.2. The van der Waals surface area contributed by atoms with Gasteiger partial charge in [0.15, 0.2) is 0 Å². The molecule has 0 aliphatic rings. The Morgan fingerprint density at radius 1 is 1.11 bits per heavy atom. The van der Waals surface area contributed by atoms with Gasteiger partial charge >= 0.3 is 11.9 Å². The van der Waals surface area contributed by atoms with Crippen molar-refractivity contribution in [3.05, 3.63) is 42.0 Å². The first-order valence-electron chi connectivity index (χ1n) is 6.32. The van der Waals surface area contributed by atoms with Crippen LogP contribution in [0.1, 0.15) is 25.8 Å². The van der Waals surface area contributed by atoms with Gasteiger partial charge in [-0.1, -0.05) is 31.5 Å². The summed E-state index contributed by atoms with van der Waals surface area (Å²) in [6, 6.07) is 7.36. The molecule has 0 bridgehead atoms. The van der Waals surface area contributed by atoms with Crippen LogP contribution in [-0.2, 0) is 20.7 Å². The van der Waals surface area contributed by atoms with Crippen LogP contribution in [0.4, 0.5) is 0 Å². The zero-order valence-electron chi connectivity index (χ0n) is 11.2. The van der Waals surface area contributed by atoms with Crippen LogP contribution in [0.15, 0.2) is 36.4 Å². The molecule has 1 aromatic carbocycles. The highest BCUT2D eigenvalue weighted by Gasteiger charge is 2.06. The Kier molecular flexibility index (Phi) is 6.36. The maximum absolute atomic E-state index is 11.6. The normalized spacial score (nSPS) is 10.4. The van der Waals surface area contributed by atoms with Crippen LogP contribution in [0.3, 0.4) is 0 Å². The van der Waals surface area contributed by atoms with Crippen LogP contribution in [0.2, 0.25) is 0 Å². The summed E-state index contributed by atoms with van der Waals surface area (Å²) < 4.78 is 9.86. The molecule has 0 heterocycles. The summed E-state index contributed by atoms with van der Waals surface area (Å²) in [5.41, 5.74) is 0.975. The summed E-state index contributed by atoms with van der Waals surface area (Å²) in [6.07, 6.45) is 3.94. The molecule has 19 heavy (non-hydrogen) atoms. The van der Waals surface area contributed by atoms with Crippen molar-refractivity contribution in [2.75, 3.05) is 6.61 Å². The van der Waals surface area contributed by atoms with E-state index in [0.29, 0.717) is 5.75 Å². The number of carbonyl (C=O) groups excluding carboxylic acids is 2. The molecule has 0 aliphatic carbocycles. The van der Waals surface area contributed by atoms with Gasteiger partial charge in [-0.25, -0.2) is 9.59 Å². The summed E-state index contributed by atoms with van der Waals surface area (Å²) in [5, 5.41) is 0. The molecule has 0 fully saturated rings. The maximum atomic E-state index is 11.6. The predicted octanol–water partition coefficient (Wildman–Crippen LogP) is 2.66. The fourth-order valence-electron chi connectivity index (χ4n) is 1.55. The average Bonchev–Trinajstić information content (AvgIpc) is 2.39. The van der Waals surface area contributed by atoms with E-state index in [1.54, 1.807) is 19.1 Å². The highest BCUT2D eigenvalue weighted by Crippen LogP contribution is 2.19. The number of esters is 2. The van der Waals surface area contributed by atoms with E-state index in [1.807, 2.05) is 12.1 Å². The van der Waals surface area contributed by atoms with Gasteiger partial charge in [0, 0.05) is 12.2 Å². The van der Waals surface area contributed by atoms with Gasteiger partial charge in [-0.2, -0.15) is 0 Å². The topological polar surface area (TPSA) is 52.6 Å². The molecule has 0 amide bonds. The first-order valence-corrected chi connectivity index (χ1v) is 6.32. The Morgan fingerprint density at radius 3 is 2.47 bits per heavy atom. The summed E-state index contributed by atoms with van der Waals surface area (Å²) in [5.74, 6) is -0.610. The average molecular weight is 262 g/mol. The van der Waals surface area contributed by atoms with Crippen LogP contribution < -0.4 is 4.74 Å². The van der Waals surface area contributed by atoms with E-state index in [9.17, 15) is 9.59 Å². The predicted molar refractivity (Wildman–Crippen MR) is 71.8 cm³/mol. The van der Waals surface area contributed by atoms with E-state index < -0.39 is 11.9 Å². The van der Waals surface area contributed by atoms with Crippen molar-refractivity contribution in [2.24, 2.45) is 0 Å². The van der Waals surface area contributed by atoms with Crippen molar-refractivity contribution in [3.63, 3.8) is 0 Å². The van der Waals surface area contributed by atoms with Crippen LogP contribution in [-0.4, -0.2) is 18.5 Å². The Labute approximate surface area is 113 Å². The molecule has 0 atom stereocenters. The minimum atomic E-state index is -0.586. The number of aryl methyl sites for hydroxylation is 1. The lowest BCUT2D eigenvalue weighted by molar-refractivity contribution is -0.138. The number of carbonyl (C=O) groups is 2. The molecule has 0 aromatic heterocycles. The summed E-state index contributed by atoms with van der Waals surface area (Å²) in [4.78, 5) is 22.6. The van der Waals surface area contributed by atoms with Crippen molar-refractivity contribution in [1.82, 2.24) is 0 Å². The number of hydrogen-bond donors (Lipinski definition) is 0. The third kappa shape index (κ3) is 5.38. The third-order valence-corrected chi connectivity index (χ3v) is 2.34. The summed E-state index contributed by atoms with van der Waals surface area (Å²) >= 11 is 0. The molecule has 0 saturated carbocycles. The SMILES string of the molecule is CCCc1ccccc1OC(=O)/C=C/C(=O)OCC. The number of ether oxygens (including phenoxy) is 2. The van der Waals surface area contributed by atoms with Crippen LogP contribution in [0.25, 0.3) is 0 Å². The standard InChI is InChI=1S/C15H18O4/c1-3-7-12-8-5-6-9-13(12)19-15(17)11-10-14(16)18-4-2/h5-6,8-11H,3-4,7H2,1-2H3/b11-10+. The highest BCUT2D eigenvalue weighted by atomic mass is 16.5. The van der Waals surface area contributed by atoms with Crippen LogP contribution >= 0.6 is 0 Å². The fourth-order valence-corrected chi connectivity index (χ4v) is 1.55. The van der Waals surface area contributed by atoms with Crippen molar-refractivity contribution < 1.29 is 19.1 Å². The second kappa shape index (κ2) is 8.08. The molecule has 4 nitrogen and oxygen atoms in total. The van der Waals surface area contributed by atoms with Gasteiger partial charge in [-0.05, 0) is 25.0 Å². The fraction of sp³-hybridized carbons (Fsp3) is 0.333. The minimum absolute atomic E-state index is 0.275. The van der Waals surface area contributed by atoms with Gasteiger partial charge in [0.05, 0.1) is 6.61 Å². The van der Waals surface area contributed by atoms with E-state index in [1.165, 1.54) is 0 Å². The second-order valence-electron chi connectivity index (χ2n) is 3.86. The molecule has 4 heteroatoms. The van der Waals surface area contributed by atoms with Gasteiger partial charge in [-0.3, -0.25) is 0 Å². The summed E-state index contributed by atoms with van der Waals surface area (Å²) in [7, 11) is 0. The van der Waals surface area contributed by atoms with Gasteiger partial charge < -0.3 is 9.47 Å². The van der Waals surface area contributed by atoms with Gasteiger partial charge in [0.2, 0.25) is 0 Å². The first-order chi connectivity index (χ1) is 9.17. The van der Waals surface area contributed by atoms with Gasteiger partial charge in [0.1, 0.15) is 5.75 Å². The van der Waals surface area contributed by atoms with Crippen molar-refractivity contribution in [3.8, 4) is 5.75 Å². The number of benzene rings is 1. The van der Waals surface area contributed by atoms with E-state index in [0.717, 1.165) is 30.6 Å². The van der Waals surface area contributed by atoms with Gasteiger partial charge in [-0.15, -0.1) is 0 Å². The Bertz CT molecular complexity index is 463. The molecule has 102 valence electrons. The lowest BCUT2D eigenvalue weighted by Gasteiger charge is -2.07. The Hall–Kier alpha value is -2.10. The zero-order chi connectivity index (χ0) is 14.1. The van der Waals surface area contributed by atoms with Crippen molar-refractivity contribution >= 4 is 11.9 Å². The minimum Gasteiger partial charge on any atom is -0.463 e. The van der Waals surface area contributed by atoms with Crippen LogP contribution in [0.5, 0.6) is 5.75 Å². The quantitative estimate of drug-likeness (QED) is 0.449. The van der Waals surface area contributed by atoms with Crippen molar-refractivity contribution in [1.29, 1.82) is 0 Å². The Balaban J connectivity index is 2.64. The molecule has 0 aliphatic heterocycles. The number of rotatable bonds is 6. The maximum Gasteiger partial charge on any atom is 0.336 e. The molecule has 0 unspecified atom stereocenters. The smallest absolute Gasteiger partial charge is 0.336 e. The van der Waals surface area contributed by atoms with E-state index in [2.05, 4.69) is 11.7 Å². The molecule has 0 N–H and O–H groups in total. The molecule has 0 saturated heterocycles. The van der Waals surface area contributed by atoms with E-state index >= 15 is 0 Å². The number of para-hydroxylation sites is 1. The van der Waals surface area contributed by atoms with Crippen molar-refractivity contribution in [2.45, 2.75) is 26.7 Å². The Morgan fingerprint density at radius 2 is 1.79 bits per heavy atom. The van der Waals surface area contributed by atoms with Gasteiger partial charge in [0.25, 0.3) is 0 Å². The summed E-state index contributed by atoms with van der Waals surface area (Å²) in [6.45, 7) is 4.03. The second-order valence-corrected chi connectivity index (χ2v) is 3.86. The molecule has 0 radical (unpaired) electrons. The van der Waals surface area contributed by atoms with Crippen LogP contribution in [0, 0.1) is 0 Å². The largest absolute Gasteiger partial charge is 0.463 e.